The lowest BCUT2D eigenvalue weighted by Crippen LogP contribution is -2.38. The predicted molar refractivity (Wildman–Crippen MR) is 124 cm³/mol. The number of carbonyl (C=O) groups excluding carboxylic acids is 1. The molecule has 0 radical (unpaired) electrons. The van der Waals surface area contributed by atoms with Gasteiger partial charge in [-0.1, -0.05) is 73.9 Å². The highest BCUT2D eigenvalue weighted by molar-refractivity contribution is 5.91. The number of nitrogens with zero attached hydrogens (tertiary/aromatic N) is 1. The van der Waals surface area contributed by atoms with Gasteiger partial charge in [-0.3, -0.25) is 4.79 Å². The van der Waals surface area contributed by atoms with E-state index in [0.717, 1.165) is 42.6 Å². The minimum absolute atomic E-state index is 0.0200. The van der Waals surface area contributed by atoms with Crippen molar-refractivity contribution in [3.05, 3.63) is 83.1 Å². The molecule has 2 aliphatic rings. The van der Waals surface area contributed by atoms with Crippen LogP contribution in [-0.4, -0.2) is 35.3 Å². The summed E-state index contributed by atoms with van der Waals surface area (Å²) in [4.78, 5) is 15.3. The number of aliphatic hydroxyl groups excluding tert-OH is 1. The Hall–Kier alpha value is -2.63. The van der Waals surface area contributed by atoms with Crippen molar-refractivity contribution in [2.45, 2.75) is 63.9 Å². The quantitative estimate of drug-likeness (QED) is 0.701. The van der Waals surface area contributed by atoms with E-state index in [2.05, 4.69) is 12.1 Å². The standard InChI is InChI=1S/C27H33NO4/c29-19-21-11-13-22(14-12-21)20-31-26-18-24(23-9-5-4-6-10-23)17-25(32-26)27(30)28-15-7-2-1-3-8-16-28/h4-6,9-14,17,24,26,29H,1-3,7-8,15-16,18-20H2/t24-,26+/m1/s1. The average Bonchev–Trinajstić information content (AvgIpc) is 2.83. The summed E-state index contributed by atoms with van der Waals surface area (Å²) in [5.74, 6) is 0.458. The summed E-state index contributed by atoms with van der Waals surface area (Å²) >= 11 is 0. The molecule has 2 heterocycles. The molecule has 0 saturated carbocycles. The molecule has 1 fully saturated rings. The van der Waals surface area contributed by atoms with Gasteiger partial charge in [0.2, 0.25) is 6.29 Å². The van der Waals surface area contributed by atoms with E-state index in [4.69, 9.17) is 9.47 Å². The van der Waals surface area contributed by atoms with Crippen LogP contribution in [0.3, 0.4) is 0 Å². The maximum atomic E-state index is 13.3. The number of hydrogen-bond donors (Lipinski definition) is 1. The second-order valence-electron chi connectivity index (χ2n) is 8.68. The molecule has 2 aliphatic heterocycles. The lowest BCUT2D eigenvalue weighted by Gasteiger charge is -2.32. The summed E-state index contributed by atoms with van der Waals surface area (Å²) in [5.41, 5.74) is 3.04. The summed E-state index contributed by atoms with van der Waals surface area (Å²) in [7, 11) is 0. The summed E-state index contributed by atoms with van der Waals surface area (Å²) in [6.07, 6.45) is 7.86. The predicted octanol–water partition coefficient (Wildman–Crippen LogP) is 4.90. The zero-order valence-corrected chi connectivity index (χ0v) is 18.6. The van der Waals surface area contributed by atoms with Crippen molar-refractivity contribution in [2.75, 3.05) is 13.1 Å². The third kappa shape index (κ3) is 5.99. The first-order valence-electron chi connectivity index (χ1n) is 11.8. The number of carbonyl (C=O) groups is 1. The van der Waals surface area contributed by atoms with Gasteiger partial charge < -0.3 is 19.5 Å². The molecule has 1 N–H and O–H groups in total. The van der Waals surface area contributed by atoms with E-state index >= 15 is 0 Å². The number of aliphatic hydroxyl groups is 1. The molecular weight excluding hydrogens is 402 g/mol. The first-order chi connectivity index (χ1) is 15.7. The van der Waals surface area contributed by atoms with Gasteiger partial charge in [0.15, 0.2) is 5.76 Å². The molecule has 0 aliphatic carbocycles. The van der Waals surface area contributed by atoms with Gasteiger partial charge in [0, 0.05) is 25.4 Å². The van der Waals surface area contributed by atoms with Crippen LogP contribution in [0.4, 0.5) is 0 Å². The second kappa shape index (κ2) is 11.3. The van der Waals surface area contributed by atoms with E-state index in [0.29, 0.717) is 18.8 Å². The molecule has 1 saturated heterocycles. The summed E-state index contributed by atoms with van der Waals surface area (Å²) < 4.78 is 12.2. The fourth-order valence-corrected chi connectivity index (χ4v) is 4.38. The van der Waals surface area contributed by atoms with Crippen molar-refractivity contribution in [2.24, 2.45) is 0 Å². The largest absolute Gasteiger partial charge is 0.459 e. The van der Waals surface area contributed by atoms with Gasteiger partial charge in [-0.25, -0.2) is 0 Å². The van der Waals surface area contributed by atoms with E-state index in [1.165, 1.54) is 19.3 Å². The summed E-state index contributed by atoms with van der Waals surface area (Å²) in [5, 5.41) is 9.23. The van der Waals surface area contributed by atoms with Gasteiger partial charge in [-0.15, -0.1) is 0 Å². The highest BCUT2D eigenvalue weighted by atomic mass is 16.7. The van der Waals surface area contributed by atoms with Gasteiger partial charge in [0.05, 0.1) is 13.2 Å². The Bertz CT molecular complexity index is 886. The van der Waals surface area contributed by atoms with Crippen LogP contribution < -0.4 is 0 Å². The highest BCUT2D eigenvalue weighted by Crippen LogP contribution is 2.32. The minimum atomic E-state index is -0.489. The Balaban J connectivity index is 1.48. The zero-order valence-electron chi connectivity index (χ0n) is 18.6. The molecule has 0 unspecified atom stereocenters. The number of likely N-dealkylation sites (tertiary alicyclic amines) is 1. The molecule has 170 valence electrons. The molecule has 32 heavy (non-hydrogen) atoms. The van der Waals surface area contributed by atoms with Gasteiger partial charge in [0.1, 0.15) is 0 Å². The number of benzene rings is 2. The molecule has 0 bridgehead atoms. The SMILES string of the molecule is O=C(C1=C[C@@H](c2ccccc2)C[C@@H](OCc2ccc(CO)cc2)O1)N1CCCCCCC1. The Morgan fingerprint density at radius 1 is 0.938 bits per heavy atom. The molecule has 1 amide bonds. The third-order valence-corrected chi connectivity index (χ3v) is 6.28. The van der Waals surface area contributed by atoms with Crippen molar-refractivity contribution in [1.82, 2.24) is 4.90 Å². The topological polar surface area (TPSA) is 59.0 Å². The Morgan fingerprint density at radius 2 is 1.59 bits per heavy atom. The van der Waals surface area contributed by atoms with Crippen molar-refractivity contribution in [1.29, 1.82) is 0 Å². The van der Waals surface area contributed by atoms with Gasteiger partial charge in [0.25, 0.3) is 5.91 Å². The van der Waals surface area contributed by atoms with Gasteiger partial charge in [-0.05, 0) is 35.6 Å². The van der Waals surface area contributed by atoms with Crippen molar-refractivity contribution < 1.29 is 19.4 Å². The van der Waals surface area contributed by atoms with Crippen molar-refractivity contribution >= 4 is 5.91 Å². The van der Waals surface area contributed by atoms with Crippen LogP contribution in [0, 0.1) is 0 Å². The molecule has 4 rings (SSSR count). The first-order valence-corrected chi connectivity index (χ1v) is 11.8. The van der Waals surface area contributed by atoms with E-state index in [-0.39, 0.29) is 18.4 Å². The number of hydrogen-bond acceptors (Lipinski definition) is 4. The Labute approximate surface area is 190 Å². The van der Waals surface area contributed by atoms with E-state index < -0.39 is 6.29 Å². The number of ether oxygens (including phenoxy) is 2. The van der Waals surface area contributed by atoms with E-state index in [1.807, 2.05) is 53.4 Å². The molecule has 2 aromatic carbocycles. The van der Waals surface area contributed by atoms with E-state index in [1.54, 1.807) is 0 Å². The van der Waals surface area contributed by atoms with Crippen LogP contribution in [0.25, 0.3) is 0 Å². The van der Waals surface area contributed by atoms with Crippen LogP contribution in [0.15, 0.2) is 66.4 Å². The maximum absolute atomic E-state index is 13.3. The molecule has 2 atom stereocenters. The summed E-state index contributed by atoms with van der Waals surface area (Å²) in [6.45, 7) is 2.00. The number of allylic oxidation sites excluding steroid dienone is 1. The summed E-state index contributed by atoms with van der Waals surface area (Å²) in [6, 6.07) is 17.9. The van der Waals surface area contributed by atoms with Crippen molar-refractivity contribution in [3.8, 4) is 0 Å². The highest BCUT2D eigenvalue weighted by Gasteiger charge is 2.31. The van der Waals surface area contributed by atoms with Gasteiger partial charge in [-0.2, -0.15) is 0 Å². The number of amides is 1. The van der Waals surface area contributed by atoms with Gasteiger partial charge >= 0.3 is 0 Å². The molecule has 0 spiro atoms. The minimum Gasteiger partial charge on any atom is -0.459 e. The fraction of sp³-hybridized carbons (Fsp3) is 0.444. The first kappa shape index (κ1) is 22.6. The smallest absolute Gasteiger partial charge is 0.288 e. The van der Waals surface area contributed by atoms with Crippen LogP contribution in [0.1, 0.15) is 61.1 Å². The molecule has 2 aromatic rings. The van der Waals surface area contributed by atoms with Crippen LogP contribution in [-0.2, 0) is 27.5 Å². The molecule has 5 heteroatoms. The Morgan fingerprint density at radius 3 is 2.28 bits per heavy atom. The normalized spacial score (nSPS) is 21.8. The molecule has 5 nitrogen and oxygen atoms in total. The molecule has 0 aromatic heterocycles. The van der Waals surface area contributed by atoms with Crippen molar-refractivity contribution in [3.63, 3.8) is 0 Å². The van der Waals surface area contributed by atoms with E-state index in [9.17, 15) is 9.90 Å². The van der Waals surface area contributed by atoms with Crippen LogP contribution in [0.5, 0.6) is 0 Å². The number of rotatable bonds is 6. The third-order valence-electron chi connectivity index (χ3n) is 6.28. The van der Waals surface area contributed by atoms with Crippen LogP contribution >= 0.6 is 0 Å². The molecular formula is C27H33NO4. The Kier molecular flexibility index (Phi) is 7.97. The lowest BCUT2D eigenvalue weighted by atomic mass is 9.93. The monoisotopic (exact) mass is 435 g/mol. The maximum Gasteiger partial charge on any atom is 0.288 e. The van der Waals surface area contributed by atoms with Crippen LogP contribution in [0.2, 0.25) is 0 Å². The zero-order chi connectivity index (χ0) is 22.2. The second-order valence-corrected chi connectivity index (χ2v) is 8.68. The lowest BCUT2D eigenvalue weighted by molar-refractivity contribution is -0.156. The fourth-order valence-electron chi connectivity index (χ4n) is 4.38. The average molecular weight is 436 g/mol.